The van der Waals surface area contributed by atoms with Crippen LogP contribution in [0.3, 0.4) is 0 Å². The summed E-state index contributed by atoms with van der Waals surface area (Å²) >= 11 is 0. The molecule has 1 heterocycles. The van der Waals surface area contributed by atoms with Gasteiger partial charge in [0.2, 0.25) is 0 Å². The van der Waals surface area contributed by atoms with Gasteiger partial charge in [0.05, 0.1) is 6.10 Å². The minimum absolute atomic E-state index is 0.435. The Morgan fingerprint density at radius 1 is 1.32 bits per heavy atom. The Hall–Kier alpha value is -0.0800. The topological polar surface area (TPSA) is 21.3 Å². The number of hydrogen-bond donors (Lipinski definition) is 1. The molecule has 0 aromatic rings. The van der Waals surface area contributed by atoms with E-state index in [9.17, 15) is 0 Å². The van der Waals surface area contributed by atoms with Crippen LogP contribution in [0.4, 0.5) is 0 Å². The van der Waals surface area contributed by atoms with E-state index < -0.39 is 0 Å². The zero-order chi connectivity index (χ0) is 13.7. The molecule has 0 spiro atoms. The van der Waals surface area contributed by atoms with Gasteiger partial charge in [-0.2, -0.15) is 0 Å². The lowest BCUT2D eigenvalue weighted by molar-refractivity contribution is 0.0182. The highest BCUT2D eigenvalue weighted by molar-refractivity contribution is 5.01. The molecule has 2 nitrogen and oxygen atoms in total. The van der Waals surface area contributed by atoms with Crippen LogP contribution in [0.2, 0.25) is 0 Å². The molecule has 2 aliphatic rings. The number of unbranched alkanes of at least 4 members (excludes halogenated alkanes) is 1. The summed E-state index contributed by atoms with van der Waals surface area (Å²) in [5.74, 6) is 1.77. The third-order valence-electron chi connectivity index (χ3n) is 5.32. The summed E-state index contributed by atoms with van der Waals surface area (Å²) in [6, 6.07) is 0. The minimum atomic E-state index is 0.435. The zero-order valence-corrected chi connectivity index (χ0v) is 13.2. The van der Waals surface area contributed by atoms with Gasteiger partial charge in [0.1, 0.15) is 0 Å². The molecule has 112 valence electrons. The van der Waals surface area contributed by atoms with Gasteiger partial charge in [-0.15, -0.1) is 0 Å². The molecule has 1 saturated heterocycles. The van der Waals surface area contributed by atoms with E-state index in [-0.39, 0.29) is 0 Å². The molecule has 2 fully saturated rings. The summed E-state index contributed by atoms with van der Waals surface area (Å²) in [4.78, 5) is 0. The van der Waals surface area contributed by atoms with Crippen LogP contribution >= 0.6 is 0 Å². The van der Waals surface area contributed by atoms with Crippen molar-refractivity contribution in [3.05, 3.63) is 0 Å². The number of ether oxygens (including phenoxy) is 1. The van der Waals surface area contributed by atoms with Crippen molar-refractivity contribution in [3.63, 3.8) is 0 Å². The van der Waals surface area contributed by atoms with E-state index >= 15 is 0 Å². The first-order chi connectivity index (χ1) is 9.25. The maximum atomic E-state index is 6.16. The second-order valence-corrected chi connectivity index (χ2v) is 6.89. The van der Waals surface area contributed by atoms with Gasteiger partial charge in [0.15, 0.2) is 0 Å². The lowest BCUT2D eigenvalue weighted by atomic mass is 9.71. The monoisotopic (exact) mass is 267 g/mol. The van der Waals surface area contributed by atoms with Crippen LogP contribution in [0.25, 0.3) is 0 Å². The molecule has 1 aliphatic heterocycles. The first kappa shape index (κ1) is 15.3. The van der Waals surface area contributed by atoms with Crippen LogP contribution in [0.15, 0.2) is 0 Å². The van der Waals surface area contributed by atoms with E-state index in [4.69, 9.17) is 4.74 Å². The lowest BCUT2D eigenvalue weighted by Crippen LogP contribution is -2.42. The van der Waals surface area contributed by atoms with Crippen LogP contribution in [-0.4, -0.2) is 26.3 Å². The quantitative estimate of drug-likeness (QED) is 0.682. The molecule has 3 atom stereocenters. The van der Waals surface area contributed by atoms with Crippen LogP contribution in [0, 0.1) is 17.3 Å². The second-order valence-electron chi connectivity index (χ2n) is 6.89. The van der Waals surface area contributed by atoms with Gasteiger partial charge >= 0.3 is 0 Å². The van der Waals surface area contributed by atoms with Crippen LogP contribution < -0.4 is 5.32 Å². The van der Waals surface area contributed by atoms with Crippen molar-refractivity contribution in [2.75, 3.05) is 20.2 Å². The molecule has 0 amide bonds. The van der Waals surface area contributed by atoms with Crippen molar-refractivity contribution in [3.8, 4) is 0 Å². The lowest BCUT2D eigenvalue weighted by Gasteiger charge is -2.37. The van der Waals surface area contributed by atoms with Crippen LogP contribution in [-0.2, 0) is 4.74 Å². The normalized spacial score (nSPS) is 32.7. The summed E-state index contributed by atoms with van der Waals surface area (Å²) in [6.45, 7) is 6.82. The summed E-state index contributed by atoms with van der Waals surface area (Å²) in [6.07, 6.45) is 11.5. The van der Waals surface area contributed by atoms with Gasteiger partial charge in [-0.05, 0) is 44.6 Å². The summed E-state index contributed by atoms with van der Waals surface area (Å²) < 4.78 is 6.16. The van der Waals surface area contributed by atoms with Gasteiger partial charge in [0, 0.05) is 18.6 Å². The molecule has 0 aromatic heterocycles. The van der Waals surface area contributed by atoms with Gasteiger partial charge < -0.3 is 10.1 Å². The standard InChI is InChI=1S/C17H33NO/c1-4-6-7-14(5-2)12-17(13-18-3)10-11-19-16(17)15-8-9-15/h14-16,18H,4-13H2,1-3H3. The van der Waals surface area contributed by atoms with Crippen molar-refractivity contribution in [2.45, 2.75) is 71.3 Å². The van der Waals surface area contributed by atoms with E-state index in [1.54, 1.807) is 0 Å². The molecule has 1 aliphatic carbocycles. The van der Waals surface area contributed by atoms with E-state index in [1.807, 2.05) is 0 Å². The van der Waals surface area contributed by atoms with E-state index in [0.29, 0.717) is 11.5 Å². The maximum Gasteiger partial charge on any atom is 0.0672 e. The Balaban J connectivity index is 2.00. The van der Waals surface area contributed by atoms with E-state index in [0.717, 1.165) is 25.0 Å². The highest BCUT2D eigenvalue weighted by Gasteiger charge is 2.50. The molecule has 3 unspecified atom stereocenters. The average Bonchev–Trinajstić information content (AvgIpc) is 3.18. The number of nitrogens with one attached hydrogen (secondary N) is 1. The minimum Gasteiger partial charge on any atom is -0.377 e. The molecule has 0 radical (unpaired) electrons. The van der Waals surface area contributed by atoms with Crippen molar-refractivity contribution in [1.29, 1.82) is 0 Å². The van der Waals surface area contributed by atoms with Crippen molar-refractivity contribution in [2.24, 2.45) is 17.3 Å². The van der Waals surface area contributed by atoms with Gasteiger partial charge in [0.25, 0.3) is 0 Å². The van der Waals surface area contributed by atoms with E-state index in [2.05, 4.69) is 26.2 Å². The largest absolute Gasteiger partial charge is 0.377 e. The summed E-state index contributed by atoms with van der Waals surface area (Å²) in [7, 11) is 2.11. The molecule has 2 rings (SSSR count). The van der Waals surface area contributed by atoms with Gasteiger partial charge in [-0.1, -0.05) is 39.5 Å². The molecule has 19 heavy (non-hydrogen) atoms. The fourth-order valence-electron chi connectivity index (χ4n) is 4.09. The van der Waals surface area contributed by atoms with Crippen molar-refractivity contribution < 1.29 is 4.74 Å². The Labute approximate surface area is 119 Å². The highest BCUT2D eigenvalue weighted by Crippen LogP contribution is 2.51. The third kappa shape index (κ3) is 3.72. The Kier molecular flexibility index (Phi) is 5.70. The second kappa shape index (κ2) is 7.08. The molecule has 1 N–H and O–H groups in total. The van der Waals surface area contributed by atoms with Crippen molar-refractivity contribution in [1.82, 2.24) is 5.32 Å². The Morgan fingerprint density at radius 2 is 2.11 bits per heavy atom. The third-order valence-corrected chi connectivity index (χ3v) is 5.32. The molecule has 1 saturated carbocycles. The average molecular weight is 267 g/mol. The van der Waals surface area contributed by atoms with Gasteiger partial charge in [-0.25, -0.2) is 0 Å². The van der Waals surface area contributed by atoms with Gasteiger partial charge in [-0.3, -0.25) is 0 Å². The SMILES string of the molecule is CCCCC(CC)CC1(CNC)CCOC1C1CC1. The Bertz CT molecular complexity index is 264. The fraction of sp³-hybridized carbons (Fsp3) is 1.00. The molecule has 0 bridgehead atoms. The molecular weight excluding hydrogens is 234 g/mol. The maximum absolute atomic E-state index is 6.16. The van der Waals surface area contributed by atoms with Crippen LogP contribution in [0.5, 0.6) is 0 Å². The summed E-state index contributed by atoms with van der Waals surface area (Å²) in [5, 5.41) is 3.47. The molecule has 2 heteroatoms. The van der Waals surface area contributed by atoms with E-state index in [1.165, 1.54) is 51.4 Å². The highest BCUT2D eigenvalue weighted by atomic mass is 16.5. The van der Waals surface area contributed by atoms with Crippen molar-refractivity contribution >= 4 is 0 Å². The van der Waals surface area contributed by atoms with Crippen LogP contribution in [0.1, 0.15) is 65.2 Å². The summed E-state index contributed by atoms with van der Waals surface area (Å²) in [5.41, 5.74) is 0.435. The number of rotatable bonds is 9. The Morgan fingerprint density at radius 3 is 2.68 bits per heavy atom. The number of hydrogen-bond acceptors (Lipinski definition) is 2. The first-order valence-corrected chi connectivity index (χ1v) is 8.52. The first-order valence-electron chi connectivity index (χ1n) is 8.52. The molecular formula is C17H33NO. The molecule has 0 aromatic carbocycles. The zero-order valence-electron chi connectivity index (χ0n) is 13.2. The predicted octanol–water partition coefficient (Wildman–Crippen LogP) is 4.00. The predicted molar refractivity (Wildman–Crippen MR) is 81.4 cm³/mol. The smallest absolute Gasteiger partial charge is 0.0672 e. The fourth-order valence-corrected chi connectivity index (χ4v) is 4.09.